The van der Waals surface area contributed by atoms with Crippen LogP contribution in [0.1, 0.15) is 54.5 Å². The van der Waals surface area contributed by atoms with Crippen molar-refractivity contribution in [1.82, 2.24) is 34.3 Å². The predicted octanol–water partition coefficient (Wildman–Crippen LogP) is 5.68. The number of benzene rings is 2. The SMILES string of the molecule is Cc1nc2c(F)cc(-c3nc(Nc4ccc(CN5CCN(C6CCN(c7ccc(C(N)=O)cc7)CC6)CC5)cn4)ncc3F)cc2n1C(C)C. The monoisotopic (exact) mass is 680 g/mol. The molecule has 11 nitrogen and oxygen atoms in total. The molecule has 0 atom stereocenters. The van der Waals surface area contributed by atoms with Gasteiger partial charge in [-0.05, 0) is 81.6 Å². The fourth-order valence-corrected chi connectivity index (χ4v) is 7.26. The van der Waals surface area contributed by atoms with Crippen LogP contribution < -0.4 is 16.0 Å². The highest BCUT2D eigenvalue weighted by molar-refractivity contribution is 5.93. The topological polar surface area (TPSA) is 121 Å². The summed E-state index contributed by atoms with van der Waals surface area (Å²) in [7, 11) is 0. The van der Waals surface area contributed by atoms with Gasteiger partial charge < -0.3 is 20.5 Å². The van der Waals surface area contributed by atoms with Gasteiger partial charge in [-0.25, -0.2) is 28.7 Å². The number of aromatic nitrogens is 5. The van der Waals surface area contributed by atoms with Crippen LogP contribution in [-0.2, 0) is 6.54 Å². The number of piperidine rings is 1. The number of pyridine rings is 1. The summed E-state index contributed by atoms with van der Waals surface area (Å²) in [6, 6.07) is 15.1. The molecule has 5 aromatic rings. The number of halogens is 2. The maximum absolute atomic E-state index is 15.1. The average Bonchev–Trinajstić information content (AvgIpc) is 3.47. The van der Waals surface area contributed by atoms with Crippen LogP contribution in [0.2, 0.25) is 0 Å². The fraction of sp³-hybridized carbons (Fsp3) is 0.378. The van der Waals surface area contributed by atoms with E-state index in [0.29, 0.717) is 34.3 Å². The van der Waals surface area contributed by atoms with E-state index in [9.17, 15) is 9.18 Å². The number of primary amides is 1. The number of aryl methyl sites for hydroxylation is 1. The zero-order chi connectivity index (χ0) is 34.9. The number of carbonyl (C=O) groups is 1. The van der Waals surface area contributed by atoms with Gasteiger partial charge in [0.1, 0.15) is 22.9 Å². The molecule has 7 rings (SSSR count). The molecule has 0 unspecified atom stereocenters. The van der Waals surface area contributed by atoms with Crippen LogP contribution in [0.5, 0.6) is 0 Å². The van der Waals surface area contributed by atoms with Gasteiger partial charge in [0.05, 0.1) is 11.7 Å². The highest BCUT2D eigenvalue weighted by Gasteiger charge is 2.28. The highest BCUT2D eigenvalue weighted by Crippen LogP contribution is 2.31. The fourth-order valence-electron chi connectivity index (χ4n) is 7.26. The number of nitrogens with zero attached hydrogens (tertiary/aromatic N) is 8. The normalized spacial score (nSPS) is 16.4. The number of anilines is 3. The van der Waals surface area contributed by atoms with Gasteiger partial charge in [0.15, 0.2) is 11.6 Å². The molecule has 5 heterocycles. The Morgan fingerprint density at radius 3 is 2.32 bits per heavy atom. The molecule has 260 valence electrons. The number of fused-ring (bicyclic) bond motifs is 1. The lowest BCUT2D eigenvalue weighted by Gasteiger charge is -2.43. The maximum Gasteiger partial charge on any atom is 0.248 e. The molecule has 2 fully saturated rings. The van der Waals surface area contributed by atoms with E-state index in [1.807, 2.05) is 55.8 Å². The Morgan fingerprint density at radius 2 is 1.66 bits per heavy atom. The molecule has 3 N–H and O–H groups in total. The lowest BCUT2D eigenvalue weighted by Crippen LogP contribution is -2.53. The molecule has 0 radical (unpaired) electrons. The minimum Gasteiger partial charge on any atom is -0.371 e. The number of piperazine rings is 1. The van der Waals surface area contributed by atoms with Crippen molar-refractivity contribution in [3.63, 3.8) is 0 Å². The highest BCUT2D eigenvalue weighted by atomic mass is 19.1. The Balaban J connectivity index is 0.925. The lowest BCUT2D eigenvalue weighted by atomic mass is 10.0. The molecule has 2 saturated heterocycles. The second-order valence-corrected chi connectivity index (χ2v) is 13.5. The van der Waals surface area contributed by atoms with Crippen molar-refractivity contribution in [2.45, 2.75) is 52.2 Å². The van der Waals surface area contributed by atoms with E-state index in [1.165, 1.54) is 6.07 Å². The molecule has 0 spiro atoms. The molecule has 13 heteroatoms. The quantitative estimate of drug-likeness (QED) is 0.202. The minimum absolute atomic E-state index is 0.00451. The van der Waals surface area contributed by atoms with Crippen molar-refractivity contribution in [1.29, 1.82) is 0 Å². The van der Waals surface area contributed by atoms with Crippen molar-refractivity contribution >= 4 is 34.4 Å². The molecular weight excluding hydrogens is 638 g/mol. The maximum atomic E-state index is 15.1. The van der Waals surface area contributed by atoms with Gasteiger partial charge in [-0.2, -0.15) is 0 Å². The Kier molecular flexibility index (Phi) is 9.43. The average molecular weight is 681 g/mol. The number of rotatable bonds is 9. The van der Waals surface area contributed by atoms with Crippen LogP contribution >= 0.6 is 0 Å². The van der Waals surface area contributed by atoms with Crippen LogP contribution in [0.25, 0.3) is 22.3 Å². The number of hydrogen-bond acceptors (Lipinski definition) is 9. The number of nitrogens with one attached hydrogen (secondary N) is 1. The molecule has 2 aliphatic heterocycles. The molecule has 0 saturated carbocycles. The minimum atomic E-state index is -0.649. The molecule has 2 aromatic carbocycles. The van der Waals surface area contributed by atoms with E-state index >= 15 is 4.39 Å². The standard InChI is InChI=1S/C37H42F2N10O/c1-23(2)49-24(3)43-35-30(38)18-27(19-32(35)49)34-31(39)21-42-37(45-34)44-33-9-4-25(20-41-33)22-46-14-16-48(17-15-46)29-10-12-47(13-11-29)28-7-5-26(6-8-28)36(40)50/h4-9,18-21,23,29H,10-17,22H2,1-3H3,(H2,40,50)(H,41,42,44,45). The predicted molar refractivity (Wildman–Crippen MR) is 190 cm³/mol. The summed E-state index contributed by atoms with van der Waals surface area (Å²) in [6.07, 6.45) is 5.15. The van der Waals surface area contributed by atoms with Crippen LogP contribution in [0, 0.1) is 18.6 Å². The van der Waals surface area contributed by atoms with E-state index < -0.39 is 17.5 Å². The van der Waals surface area contributed by atoms with Crippen molar-refractivity contribution in [2.75, 3.05) is 49.5 Å². The summed E-state index contributed by atoms with van der Waals surface area (Å²) in [5.74, 6) is -0.195. The molecule has 0 bridgehead atoms. The Hall–Kier alpha value is -5.01. The van der Waals surface area contributed by atoms with Crippen molar-refractivity contribution < 1.29 is 13.6 Å². The van der Waals surface area contributed by atoms with Gasteiger partial charge in [0, 0.05) is 80.9 Å². The van der Waals surface area contributed by atoms with Crippen molar-refractivity contribution in [3.8, 4) is 11.3 Å². The molecule has 0 aliphatic carbocycles. The van der Waals surface area contributed by atoms with Gasteiger partial charge >= 0.3 is 0 Å². The van der Waals surface area contributed by atoms with Gasteiger partial charge in [-0.3, -0.25) is 14.6 Å². The van der Waals surface area contributed by atoms with E-state index in [2.05, 4.69) is 40.0 Å². The molecule has 2 aliphatic rings. The van der Waals surface area contributed by atoms with Crippen molar-refractivity contribution in [2.24, 2.45) is 5.73 Å². The van der Waals surface area contributed by atoms with Gasteiger partial charge in [0.2, 0.25) is 11.9 Å². The zero-order valence-corrected chi connectivity index (χ0v) is 28.6. The first-order valence-electron chi connectivity index (χ1n) is 17.2. The first kappa shape index (κ1) is 33.5. The smallest absolute Gasteiger partial charge is 0.248 e. The Morgan fingerprint density at radius 1 is 0.920 bits per heavy atom. The molecule has 1 amide bonds. The lowest BCUT2D eigenvalue weighted by molar-refractivity contribution is 0.0811. The summed E-state index contributed by atoms with van der Waals surface area (Å²) >= 11 is 0. The number of amides is 1. The summed E-state index contributed by atoms with van der Waals surface area (Å²) in [6.45, 7) is 12.7. The van der Waals surface area contributed by atoms with Gasteiger partial charge in [0.25, 0.3) is 0 Å². The van der Waals surface area contributed by atoms with E-state index in [1.54, 1.807) is 18.2 Å². The first-order chi connectivity index (χ1) is 24.1. The summed E-state index contributed by atoms with van der Waals surface area (Å²) < 4.78 is 32.0. The number of carbonyl (C=O) groups excluding carboxylic acids is 1. The largest absolute Gasteiger partial charge is 0.371 e. The zero-order valence-electron chi connectivity index (χ0n) is 28.6. The number of nitrogens with two attached hydrogens (primary N) is 1. The first-order valence-corrected chi connectivity index (χ1v) is 17.2. The summed E-state index contributed by atoms with van der Waals surface area (Å²) in [5, 5.41) is 3.07. The second kappa shape index (κ2) is 14.1. The Labute approximate surface area is 290 Å². The van der Waals surface area contributed by atoms with Gasteiger partial charge in [-0.15, -0.1) is 0 Å². The third-order valence-electron chi connectivity index (χ3n) is 9.83. The van der Waals surface area contributed by atoms with Crippen LogP contribution in [0.3, 0.4) is 0 Å². The summed E-state index contributed by atoms with van der Waals surface area (Å²) in [5.41, 5.74) is 9.30. The van der Waals surface area contributed by atoms with E-state index in [4.69, 9.17) is 5.73 Å². The van der Waals surface area contributed by atoms with Crippen molar-refractivity contribution in [3.05, 3.63) is 89.5 Å². The second-order valence-electron chi connectivity index (χ2n) is 13.5. The van der Waals surface area contributed by atoms with Gasteiger partial charge in [-0.1, -0.05) is 6.07 Å². The van der Waals surface area contributed by atoms with E-state index in [-0.39, 0.29) is 23.2 Å². The summed E-state index contributed by atoms with van der Waals surface area (Å²) in [4.78, 5) is 36.3. The van der Waals surface area contributed by atoms with Crippen LogP contribution in [-0.4, -0.2) is 85.5 Å². The molecular formula is C37H42F2N10O. The van der Waals surface area contributed by atoms with Crippen LogP contribution in [0.15, 0.2) is 60.9 Å². The Bertz CT molecular complexity index is 1980. The number of imidazole rings is 1. The number of hydrogen-bond donors (Lipinski definition) is 2. The van der Waals surface area contributed by atoms with E-state index in [0.717, 1.165) is 76.1 Å². The molecule has 3 aromatic heterocycles. The third kappa shape index (κ3) is 7.01. The third-order valence-corrected chi connectivity index (χ3v) is 9.83. The molecule has 50 heavy (non-hydrogen) atoms. The van der Waals surface area contributed by atoms with Crippen LogP contribution in [0.4, 0.5) is 26.2 Å².